The molecule has 2 rings (SSSR count). The number of terminal acetylenes is 1. The molecule has 0 unspecified atom stereocenters. The molecule has 0 atom stereocenters. The molecule has 2 aromatic rings. The van der Waals surface area contributed by atoms with Crippen molar-refractivity contribution >= 4 is 0 Å². The molecule has 0 radical (unpaired) electrons. The van der Waals surface area contributed by atoms with Crippen LogP contribution in [-0.2, 0) is 11.3 Å². The third-order valence-corrected chi connectivity index (χ3v) is 2.60. The van der Waals surface area contributed by atoms with E-state index in [1.165, 1.54) is 0 Å². The average molecular weight is 222 g/mol. The Bertz CT molecular complexity index is 549. The number of hydrogen-bond acceptors (Lipinski definition) is 1. The van der Waals surface area contributed by atoms with Crippen molar-refractivity contribution in [2.75, 3.05) is 7.11 Å². The van der Waals surface area contributed by atoms with Crippen LogP contribution in [0.25, 0.3) is 11.1 Å². The highest BCUT2D eigenvalue weighted by molar-refractivity contribution is 5.66. The summed E-state index contributed by atoms with van der Waals surface area (Å²) in [4.78, 5) is 0. The molecule has 0 bridgehead atoms. The molecule has 0 aromatic heterocycles. The first-order chi connectivity index (χ1) is 8.33. The molecule has 0 saturated carbocycles. The number of hydrogen-bond donors (Lipinski definition) is 0. The van der Waals surface area contributed by atoms with Gasteiger partial charge in [0.25, 0.3) is 0 Å². The van der Waals surface area contributed by atoms with Gasteiger partial charge in [-0.25, -0.2) is 0 Å². The molecule has 84 valence electrons. The maximum atomic E-state index is 5.40. The highest BCUT2D eigenvalue weighted by Gasteiger charge is 1.99. The minimum Gasteiger partial charge on any atom is -0.380 e. The quantitative estimate of drug-likeness (QED) is 0.722. The SMILES string of the molecule is C#Cc1cccc(-c2cccc(COC)c2)c1. The van der Waals surface area contributed by atoms with Gasteiger partial charge in [-0.1, -0.05) is 36.3 Å². The minimum absolute atomic E-state index is 0.628. The van der Waals surface area contributed by atoms with E-state index in [9.17, 15) is 0 Å². The van der Waals surface area contributed by atoms with Crippen molar-refractivity contribution in [3.63, 3.8) is 0 Å². The van der Waals surface area contributed by atoms with Gasteiger partial charge in [0.05, 0.1) is 6.61 Å². The molecule has 0 aliphatic carbocycles. The summed E-state index contributed by atoms with van der Waals surface area (Å²) in [6, 6.07) is 16.3. The first kappa shape index (κ1) is 11.4. The lowest BCUT2D eigenvalue weighted by atomic mass is 10.0. The fourth-order valence-electron chi connectivity index (χ4n) is 1.80. The highest BCUT2D eigenvalue weighted by atomic mass is 16.5. The van der Waals surface area contributed by atoms with Crippen LogP contribution in [0.2, 0.25) is 0 Å². The highest BCUT2D eigenvalue weighted by Crippen LogP contribution is 2.21. The van der Waals surface area contributed by atoms with Crippen molar-refractivity contribution in [3.8, 4) is 23.5 Å². The van der Waals surface area contributed by atoms with Crippen LogP contribution in [0.15, 0.2) is 48.5 Å². The van der Waals surface area contributed by atoms with E-state index in [1.807, 2.05) is 24.3 Å². The van der Waals surface area contributed by atoms with Gasteiger partial charge in [-0.05, 0) is 34.9 Å². The van der Waals surface area contributed by atoms with Crippen molar-refractivity contribution < 1.29 is 4.74 Å². The molecule has 1 heteroatoms. The van der Waals surface area contributed by atoms with Crippen molar-refractivity contribution in [1.82, 2.24) is 0 Å². The average Bonchev–Trinajstić information content (AvgIpc) is 2.40. The van der Waals surface area contributed by atoms with E-state index in [1.54, 1.807) is 7.11 Å². The maximum absolute atomic E-state index is 5.40. The van der Waals surface area contributed by atoms with E-state index in [-0.39, 0.29) is 0 Å². The van der Waals surface area contributed by atoms with Gasteiger partial charge < -0.3 is 4.74 Å². The Kier molecular flexibility index (Phi) is 3.59. The molecule has 0 fully saturated rings. The summed E-state index contributed by atoms with van der Waals surface area (Å²) in [7, 11) is 1.70. The van der Waals surface area contributed by atoms with Crippen LogP contribution in [0, 0.1) is 12.3 Å². The molecule has 0 aliphatic rings. The van der Waals surface area contributed by atoms with Crippen LogP contribution >= 0.6 is 0 Å². The molecule has 1 nitrogen and oxygen atoms in total. The van der Waals surface area contributed by atoms with E-state index in [0.29, 0.717) is 6.61 Å². The first-order valence-corrected chi connectivity index (χ1v) is 5.48. The van der Waals surface area contributed by atoms with Crippen molar-refractivity contribution in [2.24, 2.45) is 0 Å². The third-order valence-electron chi connectivity index (χ3n) is 2.60. The van der Waals surface area contributed by atoms with Crippen LogP contribution in [0.1, 0.15) is 11.1 Å². The van der Waals surface area contributed by atoms with Gasteiger partial charge >= 0.3 is 0 Å². The Morgan fingerprint density at radius 2 is 1.76 bits per heavy atom. The Hall–Kier alpha value is -2.04. The molecule has 0 heterocycles. The van der Waals surface area contributed by atoms with Gasteiger partial charge in [0.2, 0.25) is 0 Å². The normalized spacial score (nSPS) is 9.88. The molecule has 0 spiro atoms. The Morgan fingerprint density at radius 3 is 2.47 bits per heavy atom. The zero-order valence-electron chi connectivity index (χ0n) is 9.81. The fourth-order valence-corrected chi connectivity index (χ4v) is 1.80. The minimum atomic E-state index is 0.628. The molecular formula is C16H14O. The third kappa shape index (κ3) is 2.75. The predicted molar refractivity (Wildman–Crippen MR) is 70.5 cm³/mol. The predicted octanol–water partition coefficient (Wildman–Crippen LogP) is 3.48. The topological polar surface area (TPSA) is 9.23 Å². The van der Waals surface area contributed by atoms with Crippen LogP contribution < -0.4 is 0 Å². The van der Waals surface area contributed by atoms with Crippen LogP contribution in [0.3, 0.4) is 0 Å². The lowest BCUT2D eigenvalue weighted by Crippen LogP contribution is -1.88. The standard InChI is InChI=1S/C16H14O/c1-3-13-6-4-8-15(10-13)16-9-5-7-14(11-16)12-17-2/h1,4-11H,12H2,2H3. The van der Waals surface area contributed by atoms with Gasteiger partial charge in [-0.2, -0.15) is 0 Å². The van der Waals surface area contributed by atoms with Crippen molar-refractivity contribution in [2.45, 2.75) is 6.61 Å². The van der Waals surface area contributed by atoms with Gasteiger partial charge in [-0.3, -0.25) is 0 Å². The zero-order valence-corrected chi connectivity index (χ0v) is 9.81. The zero-order chi connectivity index (χ0) is 12.1. The summed E-state index contributed by atoms with van der Waals surface area (Å²) < 4.78 is 5.13. The Morgan fingerprint density at radius 1 is 1.06 bits per heavy atom. The van der Waals surface area contributed by atoms with Gasteiger partial charge in [0.15, 0.2) is 0 Å². The van der Waals surface area contributed by atoms with Gasteiger partial charge in [0.1, 0.15) is 0 Å². The molecule has 2 aromatic carbocycles. The van der Waals surface area contributed by atoms with E-state index in [0.717, 1.165) is 22.3 Å². The fraction of sp³-hybridized carbons (Fsp3) is 0.125. The van der Waals surface area contributed by atoms with E-state index >= 15 is 0 Å². The lowest BCUT2D eigenvalue weighted by Gasteiger charge is -2.05. The summed E-state index contributed by atoms with van der Waals surface area (Å²) in [6.07, 6.45) is 5.40. The van der Waals surface area contributed by atoms with Crippen LogP contribution in [0.5, 0.6) is 0 Å². The number of benzene rings is 2. The molecule has 17 heavy (non-hydrogen) atoms. The smallest absolute Gasteiger partial charge is 0.0713 e. The monoisotopic (exact) mass is 222 g/mol. The summed E-state index contributed by atoms with van der Waals surface area (Å²) in [5, 5.41) is 0. The largest absolute Gasteiger partial charge is 0.380 e. The van der Waals surface area contributed by atoms with E-state index in [2.05, 4.69) is 30.2 Å². The number of rotatable bonds is 3. The maximum Gasteiger partial charge on any atom is 0.0713 e. The van der Waals surface area contributed by atoms with E-state index < -0.39 is 0 Å². The molecule has 0 saturated heterocycles. The van der Waals surface area contributed by atoms with Crippen molar-refractivity contribution in [1.29, 1.82) is 0 Å². The lowest BCUT2D eigenvalue weighted by molar-refractivity contribution is 0.185. The molecule has 0 aliphatic heterocycles. The number of methoxy groups -OCH3 is 1. The molecule has 0 N–H and O–H groups in total. The van der Waals surface area contributed by atoms with E-state index in [4.69, 9.17) is 11.2 Å². The van der Waals surface area contributed by atoms with Gasteiger partial charge in [0, 0.05) is 12.7 Å². The first-order valence-electron chi connectivity index (χ1n) is 5.48. The summed E-state index contributed by atoms with van der Waals surface area (Å²) in [5.74, 6) is 2.65. The Balaban J connectivity index is 2.39. The summed E-state index contributed by atoms with van der Waals surface area (Å²) in [5.41, 5.74) is 4.37. The second-order valence-electron chi connectivity index (χ2n) is 3.86. The van der Waals surface area contributed by atoms with Crippen molar-refractivity contribution in [3.05, 3.63) is 59.7 Å². The second-order valence-corrected chi connectivity index (χ2v) is 3.86. The summed E-state index contributed by atoms with van der Waals surface area (Å²) >= 11 is 0. The Labute approximate surface area is 102 Å². The molecule has 0 amide bonds. The molecular weight excluding hydrogens is 208 g/mol. The van der Waals surface area contributed by atoms with Crippen LogP contribution in [0.4, 0.5) is 0 Å². The second kappa shape index (κ2) is 5.34. The number of ether oxygens (including phenoxy) is 1. The van der Waals surface area contributed by atoms with Gasteiger partial charge in [-0.15, -0.1) is 6.42 Å². The van der Waals surface area contributed by atoms with Crippen LogP contribution in [-0.4, -0.2) is 7.11 Å². The summed E-state index contributed by atoms with van der Waals surface area (Å²) in [6.45, 7) is 0.628.